The molecule has 3 heteroatoms. The first-order valence-electron chi connectivity index (χ1n) is 11.1. The van der Waals surface area contributed by atoms with Gasteiger partial charge in [0, 0.05) is 6.42 Å². The molecular weight excluding hydrogens is 324 g/mol. The molecule has 0 saturated carbocycles. The molecule has 0 fully saturated rings. The monoisotopic (exact) mass is 368 g/mol. The standard InChI is InChI=1S/C23H44O3/c1-5-6-7-8-9-10-11-12-13-14-15-16-17-18-19-20-23(24)26-22(4)25-21(2)3/h12-13,21-22H,5-11,14-20H2,1-4H3. The van der Waals surface area contributed by atoms with Gasteiger partial charge in [-0.1, -0.05) is 70.4 Å². The Kier molecular flexibility index (Phi) is 18.3. The molecule has 0 bridgehead atoms. The van der Waals surface area contributed by atoms with Crippen molar-refractivity contribution in [1.29, 1.82) is 0 Å². The number of esters is 1. The third kappa shape index (κ3) is 19.5. The van der Waals surface area contributed by atoms with Crippen molar-refractivity contribution in [2.75, 3.05) is 0 Å². The SMILES string of the molecule is CCCCCCCCC=CCCCCCCCC(=O)OC(C)OC(C)C. The molecule has 0 N–H and O–H groups in total. The second kappa shape index (κ2) is 18.9. The van der Waals surface area contributed by atoms with Crippen LogP contribution in [0.2, 0.25) is 0 Å². The van der Waals surface area contributed by atoms with E-state index in [9.17, 15) is 4.79 Å². The molecule has 0 spiro atoms. The number of rotatable bonds is 18. The van der Waals surface area contributed by atoms with Crippen LogP contribution in [-0.2, 0) is 14.3 Å². The average molecular weight is 369 g/mol. The van der Waals surface area contributed by atoms with Crippen molar-refractivity contribution in [3.05, 3.63) is 12.2 Å². The molecule has 154 valence electrons. The van der Waals surface area contributed by atoms with E-state index in [2.05, 4.69) is 19.1 Å². The minimum absolute atomic E-state index is 0.0812. The second-order valence-electron chi connectivity index (χ2n) is 7.58. The van der Waals surface area contributed by atoms with Gasteiger partial charge >= 0.3 is 5.97 Å². The van der Waals surface area contributed by atoms with Crippen LogP contribution in [0.25, 0.3) is 0 Å². The Labute approximate surface area is 162 Å². The minimum Gasteiger partial charge on any atom is -0.436 e. The molecule has 0 aliphatic heterocycles. The van der Waals surface area contributed by atoms with Crippen LogP contribution in [0.1, 0.15) is 118 Å². The van der Waals surface area contributed by atoms with Crippen LogP contribution < -0.4 is 0 Å². The summed E-state index contributed by atoms with van der Waals surface area (Å²) in [6, 6.07) is 0. The van der Waals surface area contributed by atoms with E-state index < -0.39 is 6.29 Å². The molecule has 0 heterocycles. The summed E-state index contributed by atoms with van der Waals surface area (Å²) in [6.07, 6.45) is 21.3. The molecule has 0 radical (unpaired) electrons. The molecule has 0 amide bonds. The van der Waals surface area contributed by atoms with Crippen LogP contribution in [0.3, 0.4) is 0 Å². The molecular formula is C23H44O3. The maximum Gasteiger partial charge on any atom is 0.308 e. The maximum atomic E-state index is 11.7. The van der Waals surface area contributed by atoms with Crippen molar-refractivity contribution in [1.82, 2.24) is 0 Å². The molecule has 1 unspecified atom stereocenters. The molecule has 1 atom stereocenters. The largest absolute Gasteiger partial charge is 0.436 e. The molecule has 0 saturated heterocycles. The van der Waals surface area contributed by atoms with E-state index >= 15 is 0 Å². The number of allylic oxidation sites excluding steroid dienone is 2. The fourth-order valence-electron chi connectivity index (χ4n) is 3.00. The van der Waals surface area contributed by atoms with Crippen LogP contribution in [0.4, 0.5) is 0 Å². The summed E-state index contributed by atoms with van der Waals surface area (Å²) < 4.78 is 10.6. The Hall–Kier alpha value is -0.830. The van der Waals surface area contributed by atoms with Crippen LogP contribution >= 0.6 is 0 Å². The zero-order chi connectivity index (χ0) is 19.5. The van der Waals surface area contributed by atoms with Crippen molar-refractivity contribution in [3.63, 3.8) is 0 Å². The highest BCUT2D eigenvalue weighted by Crippen LogP contribution is 2.11. The molecule has 0 aliphatic rings. The van der Waals surface area contributed by atoms with Crippen molar-refractivity contribution >= 4 is 5.97 Å². The predicted molar refractivity (Wildman–Crippen MR) is 111 cm³/mol. The number of hydrogen-bond acceptors (Lipinski definition) is 3. The summed E-state index contributed by atoms with van der Waals surface area (Å²) in [5.74, 6) is -0.143. The average Bonchev–Trinajstić information content (AvgIpc) is 2.57. The van der Waals surface area contributed by atoms with Crippen LogP contribution in [0.5, 0.6) is 0 Å². The van der Waals surface area contributed by atoms with Crippen molar-refractivity contribution in [3.8, 4) is 0 Å². The summed E-state index contributed by atoms with van der Waals surface area (Å²) >= 11 is 0. The van der Waals surface area contributed by atoms with Gasteiger partial charge in [-0.05, 0) is 52.9 Å². The molecule has 26 heavy (non-hydrogen) atoms. The molecule has 0 aromatic heterocycles. The first kappa shape index (κ1) is 25.2. The van der Waals surface area contributed by atoms with Crippen molar-refractivity contribution in [2.24, 2.45) is 0 Å². The number of unbranched alkanes of at least 4 members (excludes halogenated alkanes) is 11. The topological polar surface area (TPSA) is 35.5 Å². The number of carbonyl (C=O) groups is 1. The van der Waals surface area contributed by atoms with Crippen molar-refractivity contribution in [2.45, 2.75) is 130 Å². The van der Waals surface area contributed by atoms with Gasteiger partial charge in [-0.25, -0.2) is 0 Å². The van der Waals surface area contributed by atoms with E-state index in [4.69, 9.17) is 9.47 Å². The van der Waals surface area contributed by atoms with Gasteiger partial charge in [0.2, 0.25) is 0 Å². The first-order valence-corrected chi connectivity index (χ1v) is 11.1. The van der Waals surface area contributed by atoms with Gasteiger partial charge in [0.1, 0.15) is 0 Å². The van der Waals surface area contributed by atoms with Gasteiger partial charge in [0.25, 0.3) is 0 Å². The third-order valence-corrected chi connectivity index (χ3v) is 4.40. The van der Waals surface area contributed by atoms with Crippen LogP contribution in [-0.4, -0.2) is 18.4 Å². The summed E-state index contributed by atoms with van der Waals surface area (Å²) in [6.45, 7) is 7.92. The summed E-state index contributed by atoms with van der Waals surface area (Å²) in [7, 11) is 0. The number of carbonyl (C=O) groups excluding carboxylic acids is 1. The highest BCUT2D eigenvalue weighted by Gasteiger charge is 2.10. The molecule has 3 nitrogen and oxygen atoms in total. The highest BCUT2D eigenvalue weighted by molar-refractivity contribution is 5.69. The summed E-state index contributed by atoms with van der Waals surface area (Å²) in [5.41, 5.74) is 0. The third-order valence-electron chi connectivity index (χ3n) is 4.40. The van der Waals surface area contributed by atoms with E-state index in [0.717, 1.165) is 12.8 Å². The molecule has 0 aromatic carbocycles. The van der Waals surface area contributed by atoms with Crippen LogP contribution in [0.15, 0.2) is 12.2 Å². The predicted octanol–water partition coefficient (Wildman–Crippen LogP) is 7.34. The quantitative estimate of drug-likeness (QED) is 0.110. The lowest BCUT2D eigenvalue weighted by molar-refractivity contribution is -0.181. The van der Waals surface area contributed by atoms with Crippen molar-refractivity contribution < 1.29 is 14.3 Å². The number of hydrogen-bond donors (Lipinski definition) is 0. The zero-order valence-corrected chi connectivity index (χ0v) is 17.9. The van der Waals surface area contributed by atoms with E-state index in [1.807, 2.05) is 13.8 Å². The van der Waals surface area contributed by atoms with Gasteiger partial charge in [-0.3, -0.25) is 4.79 Å². The normalized spacial score (nSPS) is 12.8. The van der Waals surface area contributed by atoms with E-state index in [0.29, 0.717) is 6.42 Å². The van der Waals surface area contributed by atoms with Gasteiger partial charge in [-0.2, -0.15) is 0 Å². The smallest absolute Gasteiger partial charge is 0.308 e. The lowest BCUT2D eigenvalue weighted by atomic mass is 10.1. The minimum atomic E-state index is -0.439. The lowest BCUT2D eigenvalue weighted by Crippen LogP contribution is -2.21. The van der Waals surface area contributed by atoms with E-state index in [1.165, 1.54) is 70.6 Å². The van der Waals surface area contributed by atoms with Gasteiger partial charge in [-0.15, -0.1) is 0 Å². The van der Waals surface area contributed by atoms with Crippen LogP contribution in [0, 0.1) is 0 Å². The van der Waals surface area contributed by atoms with E-state index in [-0.39, 0.29) is 12.1 Å². The lowest BCUT2D eigenvalue weighted by Gasteiger charge is -2.16. The van der Waals surface area contributed by atoms with E-state index in [1.54, 1.807) is 6.92 Å². The first-order chi connectivity index (χ1) is 12.6. The summed E-state index contributed by atoms with van der Waals surface area (Å²) in [4.78, 5) is 11.7. The molecule has 0 rings (SSSR count). The Bertz CT molecular complexity index is 336. The van der Waals surface area contributed by atoms with Gasteiger partial charge in [0.05, 0.1) is 6.10 Å². The van der Waals surface area contributed by atoms with Gasteiger partial charge < -0.3 is 9.47 Å². The fraction of sp³-hybridized carbons (Fsp3) is 0.870. The maximum absolute atomic E-state index is 11.7. The zero-order valence-electron chi connectivity index (χ0n) is 17.9. The Morgan fingerprint density at radius 1 is 0.769 bits per heavy atom. The second-order valence-corrected chi connectivity index (χ2v) is 7.58. The fourth-order valence-corrected chi connectivity index (χ4v) is 3.00. The molecule has 0 aliphatic carbocycles. The number of ether oxygens (including phenoxy) is 2. The Morgan fingerprint density at radius 3 is 1.81 bits per heavy atom. The summed E-state index contributed by atoms with van der Waals surface area (Å²) in [5, 5.41) is 0. The Balaban J connectivity index is 3.30. The molecule has 0 aromatic rings. The Morgan fingerprint density at radius 2 is 1.27 bits per heavy atom. The highest BCUT2D eigenvalue weighted by atomic mass is 16.7. The van der Waals surface area contributed by atoms with Gasteiger partial charge in [0.15, 0.2) is 6.29 Å².